The van der Waals surface area contributed by atoms with Crippen molar-refractivity contribution in [3.63, 3.8) is 0 Å². The molecule has 1 aromatic carbocycles. The molecule has 0 bridgehead atoms. The summed E-state index contributed by atoms with van der Waals surface area (Å²) in [5.74, 6) is 0.0914. The number of nitrogens with one attached hydrogen (secondary N) is 1. The Morgan fingerprint density at radius 1 is 1.31 bits per heavy atom. The van der Waals surface area contributed by atoms with Crippen LogP contribution in [0, 0.1) is 11.7 Å². The molecule has 1 unspecified atom stereocenters. The summed E-state index contributed by atoms with van der Waals surface area (Å²) in [6.07, 6.45) is -0.730. The summed E-state index contributed by atoms with van der Waals surface area (Å²) in [7, 11) is 0. The minimum absolute atomic E-state index is 0.304. The van der Waals surface area contributed by atoms with E-state index >= 15 is 0 Å². The van der Waals surface area contributed by atoms with Crippen LogP contribution in [0.3, 0.4) is 0 Å². The molecule has 16 heavy (non-hydrogen) atoms. The minimum atomic E-state index is -0.730. The third kappa shape index (κ3) is 4.47. The third-order valence-corrected chi connectivity index (χ3v) is 2.38. The molecule has 2 nitrogen and oxygen atoms in total. The lowest BCUT2D eigenvalue weighted by Gasteiger charge is -2.13. The molecule has 0 amide bonds. The zero-order chi connectivity index (χ0) is 12.1. The molecule has 1 aromatic rings. The summed E-state index contributed by atoms with van der Waals surface area (Å²) in [6.45, 7) is 5.38. The normalized spacial score (nSPS) is 13.1. The van der Waals surface area contributed by atoms with Crippen molar-refractivity contribution in [2.45, 2.75) is 20.0 Å². The van der Waals surface area contributed by atoms with E-state index in [1.54, 1.807) is 6.07 Å². The van der Waals surface area contributed by atoms with Gasteiger partial charge >= 0.3 is 0 Å². The summed E-state index contributed by atoms with van der Waals surface area (Å²) >= 11 is 5.71. The van der Waals surface area contributed by atoms with Gasteiger partial charge in [0.05, 0.1) is 6.10 Å². The maximum Gasteiger partial charge on any atom is 0.125 e. The Morgan fingerprint density at radius 2 is 2.00 bits per heavy atom. The van der Waals surface area contributed by atoms with Gasteiger partial charge < -0.3 is 10.4 Å². The maximum atomic E-state index is 13.0. The monoisotopic (exact) mass is 245 g/mol. The van der Waals surface area contributed by atoms with E-state index in [0.717, 1.165) is 6.54 Å². The first-order chi connectivity index (χ1) is 7.49. The van der Waals surface area contributed by atoms with E-state index in [4.69, 9.17) is 11.6 Å². The first kappa shape index (κ1) is 13.4. The molecule has 0 heterocycles. The van der Waals surface area contributed by atoms with E-state index in [2.05, 4.69) is 19.2 Å². The molecule has 0 aliphatic heterocycles. The van der Waals surface area contributed by atoms with Crippen molar-refractivity contribution in [2.75, 3.05) is 13.1 Å². The van der Waals surface area contributed by atoms with Gasteiger partial charge in [-0.15, -0.1) is 0 Å². The highest BCUT2D eigenvalue weighted by Crippen LogP contribution is 2.19. The molecule has 0 saturated heterocycles. The van der Waals surface area contributed by atoms with Crippen molar-refractivity contribution in [3.8, 4) is 0 Å². The van der Waals surface area contributed by atoms with Gasteiger partial charge in [0.15, 0.2) is 0 Å². The number of benzene rings is 1. The van der Waals surface area contributed by atoms with Gasteiger partial charge in [-0.1, -0.05) is 25.4 Å². The highest BCUT2D eigenvalue weighted by atomic mass is 35.5. The molecule has 1 rings (SSSR count). The van der Waals surface area contributed by atoms with Gasteiger partial charge in [0.2, 0.25) is 0 Å². The van der Waals surface area contributed by atoms with Crippen LogP contribution < -0.4 is 5.32 Å². The zero-order valence-corrected chi connectivity index (χ0v) is 10.3. The van der Waals surface area contributed by atoms with Crippen molar-refractivity contribution >= 4 is 11.6 Å². The molecule has 0 aromatic heterocycles. The number of aliphatic hydroxyl groups excluding tert-OH is 1. The molecule has 1 atom stereocenters. The Bertz CT molecular complexity index is 324. The summed E-state index contributed by atoms with van der Waals surface area (Å²) in [4.78, 5) is 0. The molecule has 0 aliphatic rings. The first-order valence-corrected chi connectivity index (χ1v) is 5.71. The average Bonchev–Trinajstić information content (AvgIpc) is 2.15. The second kappa shape index (κ2) is 6.18. The molecular formula is C12H17ClFNO. The second-order valence-electron chi connectivity index (χ2n) is 4.27. The molecular weight excluding hydrogens is 229 g/mol. The standard InChI is InChI=1S/C12H17ClFNO/c1-8(2)6-15-7-12(16)9-3-10(13)5-11(14)4-9/h3-5,8,12,15-16H,6-7H2,1-2H3. The van der Waals surface area contributed by atoms with Crippen LogP contribution >= 0.6 is 11.6 Å². The molecule has 0 saturated carbocycles. The van der Waals surface area contributed by atoms with Crippen LogP contribution in [-0.4, -0.2) is 18.2 Å². The van der Waals surface area contributed by atoms with E-state index < -0.39 is 11.9 Å². The highest BCUT2D eigenvalue weighted by molar-refractivity contribution is 6.30. The molecule has 0 spiro atoms. The third-order valence-electron chi connectivity index (χ3n) is 2.16. The van der Waals surface area contributed by atoms with Crippen molar-refractivity contribution in [3.05, 3.63) is 34.6 Å². The summed E-state index contributed by atoms with van der Waals surface area (Å²) in [5, 5.41) is 13.2. The molecule has 0 aliphatic carbocycles. The van der Waals surface area contributed by atoms with E-state index in [1.165, 1.54) is 12.1 Å². The number of halogens is 2. The van der Waals surface area contributed by atoms with Crippen LogP contribution in [0.5, 0.6) is 0 Å². The van der Waals surface area contributed by atoms with Gasteiger partial charge in [0.1, 0.15) is 5.82 Å². The number of hydrogen-bond donors (Lipinski definition) is 2. The number of hydrogen-bond acceptors (Lipinski definition) is 2. The number of rotatable bonds is 5. The second-order valence-corrected chi connectivity index (χ2v) is 4.71. The zero-order valence-electron chi connectivity index (χ0n) is 9.50. The number of aliphatic hydroxyl groups is 1. The Balaban J connectivity index is 2.55. The maximum absolute atomic E-state index is 13.0. The average molecular weight is 246 g/mol. The summed E-state index contributed by atoms with van der Waals surface area (Å²) < 4.78 is 13.0. The molecule has 0 radical (unpaired) electrons. The quantitative estimate of drug-likeness (QED) is 0.836. The van der Waals surface area contributed by atoms with E-state index in [1.807, 2.05) is 0 Å². The fraction of sp³-hybridized carbons (Fsp3) is 0.500. The Labute approximate surface area is 100 Å². The fourth-order valence-electron chi connectivity index (χ4n) is 1.39. The van der Waals surface area contributed by atoms with Crippen LogP contribution in [0.25, 0.3) is 0 Å². The van der Waals surface area contributed by atoms with Crippen LogP contribution in [0.2, 0.25) is 5.02 Å². The molecule has 2 N–H and O–H groups in total. The van der Waals surface area contributed by atoms with E-state index in [9.17, 15) is 9.50 Å². The predicted molar refractivity (Wildman–Crippen MR) is 64.1 cm³/mol. The van der Waals surface area contributed by atoms with Crippen molar-refractivity contribution in [1.29, 1.82) is 0 Å². The largest absolute Gasteiger partial charge is 0.387 e. The highest BCUT2D eigenvalue weighted by Gasteiger charge is 2.09. The van der Waals surface area contributed by atoms with Crippen LogP contribution in [0.4, 0.5) is 4.39 Å². The van der Waals surface area contributed by atoms with E-state index in [-0.39, 0.29) is 0 Å². The topological polar surface area (TPSA) is 32.3 Å². The van der Waals surface area contributed by atoms with Crippen molar-refractivity contribution in [2.24, 2.45) is 5.92 Å². The van der Waals surface area contributed by atoms with Gasteiger partial charge in [-0.2, -0.15) is 0 Å². The molecule has 0 fully saturated rings. The lowest BCUT2D eigenvalue weighted by Crippen LogP contribution is -2.25. The minimum Gasteiger partial charge on any atom is -0.387 e. The van der Waals surface area contributed by atoms with Gasteiger partial charge in [0, 0.05) is 11.6 Å². The van der Waals surface area contributed by atoms with Crippen LogP contribution in [0.15, 0.2) is 18.2 Å². The Morgan fingerprint density at radius 3 is 2.56 bits per heavy atom. The Kier molecular flexibility index (Phi) is 5.19. The summed E-state index contributed by atoms with van der Waals surface area (Å²) in [5.41, 5.74) is 0.501. The smallest absolute Gasteiger partial charge is 0.125 e. The molecule has 90 valence electrons. The van der Waals surface area contributed by atoms with E-state index in [0.29, 0.717) is 23.0 Å². The predicted octanol–water partition coefficient (Wildman–Crippen LogP) is 2.76. The van der Waals surface area contributed by atoms with Crippen molar-refractivity contribution < 1.29 is 9.50 Å². The van der Waals surface area contributed by atoms with Gasteiger partial charge in [0.25, 0.3) is 0 Å². The lowest BCUT2D eigenvalue weighted by atomic mass is 10.1. The lowest BCUT2D eigenvalue weighted by molar-refractivity contribution is 0.173. The van der Waals surface area contributed by atoms with Crippen LogP contribution in [-0.2, 0) is 0 Å². The fourth-order valence-corrected chi connectivity index (χ4v) is 1.62. The summed E-state index contributed by atoms with van der Waals surface area (Å²) in [6, 6.07) is 4.10. The first-order valence-electron chi connectivity index (χ1n) is 5.34. The van der Waals surface area contributed by atoms with Gasteiger partial charge in [-0.05, 0) is 36.2 Å². The van der Waals surface area contributed by atoms with Crippen molar-refractivity contribution in [1.82, 2.24) is 5.32 Å². The van der Waals surface area contributed by atoms with Crippen LogP contribution in [0.1, 0.15) is 25.5 Å². The molecule has 4 heteroatoms. The Hall–Kier alpha value is -0.640. The van der Waals surface area contributed by atoms with Gasteiger partial charge in [-0.3, -0.25) is 0 Å². The van der Waals surface area contributed by atoms with Gasteiger partial charge in [-0.25, -0.2) is 4.39 Å². The SMILES string of the molecule is CC(C)CNCC(O)c1cc(F)cc(Cl)c1.